The highest BCUT2D eigenvalue weighted by Crippen LogP contribution is 2.25. The van der Waals surface area contributed by atoms with Gasteiger partial charge in [-0.3, -0.25) is 4.90 Å². The molecule has 2 nitrogen and oxygen atoms in total. The van der Waals surface area contributed by atoms with Crippen molar-refractivity contribution in [2.45, 2.75) is 26.9 Å². The lowest BCUT2D eigenvalue weighted by molar-refractivity contribution is 0.139. The number of hydrogen-bond acceptors (Lipinski definition) is 2. The molecule has 0 heterocycles. The van der Waals surface area contributed by atoms with Gasteiger partial charge in [-0.05, 0) is 37.2 Å². The van der Waals surface area contributed by atoms with E-state index in [9.17, 15) is 0 Å². The van der Waals surface area contributed by atoms with Crippen LogP contribution < -0.4 is 4.74 Å². The lowest BCUT2D eigenvalue weighted by atomic mass is 10.1. The van der Waals surface area contributed by atoms with Crippen LogP contribution in [-0.4, -0.2) is 24.5 Å². The lowest BCUT2D eigenvalue weighted by Gasteiger charge is -2.27. The maximum atomic E-state index is 6.32. The predicted octanol–water partition coefficient (Wildman–Crippen LogP) is 4.46. The van der Waals surface area contributed by atoms with E-state index in [1.165, 1.54) is 11.1 Å². The van der Waals surface area contributed by atoms with E-state index in [-0.39, 0.29) is 6.10 Å². The molecule has 0 aliphatic rings. The molecule has 2 rings (SSSR count). The summed E-state index contributed by atoms with van der Waals surface area (Å²) in [6.45, 7) is 9.46. The van der Waals surface area contributed by atoms with Gasteiger partial charge in [-0.15, -0.1) is 0 Å². The number of ether oxygens (including phenoxy) is 1. The zero-order valence-corrected chi connectivity index (χ0v) is 13.3. The first kappa shape index (κ1) is 15.6. The normalized spacial score (nSPS) is 12.4. The van der Waals surface area contributed by atoms with Gasteiger partial charge in [0.15, 0.2) is 0 Å². The summed E-state index contributed by atoms with van der Waals surface area (Å²) in [5.41, 5.74) is 2.41. The number of rotatable bonds is 7. The number of likely N-dealkylation sites (N-methyl/N-ethyl adjacent to an activating group) is 1. The molecule has 0 spiro atoms. The molecule has 0 radical (unpaired) electrons. The molecule has 0 saturated carbocycles. The Bertz CT molecular complexity index is 534. The molecule has 0 saturated heterocycles. The van der Waals surface area contributed by atoms with E-state index < -0.39 is 0 Å². The SMILES string of the molecule is CCN(CC)CC(Oc1ccccc1C)c1ccccc1. The molecule has 112 valence electrons. The van der Waals surface area contributed by atoms with Gasteiger partial charge in [0.05, 0.1) is 0 Å². The number of hydrogen-bond donors (Lipinski definition) is 0. The second-order valence-electron chi connectivity index (χ2n) is 5.27. The summed E-state index contributed by atoms with van der Waals surface area (Å²) < 4.78 is 6.32. The van der Waals surface area contributed by atoms with Crippen LogP contribution in [0, 0.1) is 6.92 Å². The summed E-state index contributed by atoms with van der Waals surface area (Å²) >= 11 is 0. The Labute approximate surface area is 128 Å². The van der Waals surface area contributed by atoms with E-state index in [0.717, 1.165) is 25.4 Å². The lowest BCUT2D eigenvalue weighted by Crippen LogP contribution is -2.30. The molecule has 2 aromatic carbocycles. The Balaban J connectivity index is 2.22. The van der Waals surface area contributed by atoms with Crippen molar-refractivity contribution >= 4 is 0 Å². The van der Waals surface area contributed by atoms with Gasteiger partial charge in [0.2, 0.25) is 0 Å². The highest BCUT2D eigenvalue weighted by Gasteiger charge is 2.17. The number of aryl methyl sites for hydroxylation is 1. The summed E-state index contributed by atoms with van der Waals surface area (Å²) in [7, 11) is 0. The molecule has 1 atom stereocenters. The van der Waals surface area contributed by atoms with Gasteiger partial charge in [0.1, 0.15) is 11.9 Å². The Hall–Kier alpha value is -1.80. The molecule has 0 bridgehead atoms. The third-order valence-corrected chi connectivity index (χ3v) is 3.85. The van der Waals surface area contributed by atoms with Crippen molar-refractivity contribution in [3.05, 3.63) is 65.7 Å². The molecule has 0 aliphatic carbocycles. The maximum absolute atomic E-state index is 6.32. The quantitative estimate of drug-likeness (QED) is 0.744. The van der Waals surface area contributed by atoms with Gasteiger partial charge in [-0.25, -0.2) is 0 Å². The van der Waals surface area contributed by atoms with Crippen LogP contribution >= 0.6 is 0 Å². The van der Waals surface area contributed by atoms with Crippen molar-refractivity contribution in [3.8, 4) is 5.75 Å². The molecule has 21 heavy (non-hydrogen) atoms. The maximum Gasteiger partial charge on any atom is 0.136 e. The van der Waals surface area contributed by atoms with Gasteiger partial charge in [-0.1, -0.05) is 62.4 Å². The van der Waals surface area contributed by atoms with Gasteiger partial charge in [0, 0.05) is 6.54 Å². The number of benzene rings is 2. The summed E-state index contributed by atoms with van der Waals surface area (Å²) in [5, 5.41) is 0. The van der Waals surface area contributed by atoms with Gasteiger partial charge < -0.3 is 4.74 Å². The Morgan fingerprint density at radius 3 is 2.14 bits per heavy atom. The highest BCUT2D eigenvalue weighted by atomic mass is 16.5. The molecule has 2 aromatic rings. The van der Waals surface area contributed by atoms with Crippen LogP contribution in [-0.2, 0) is 0 Å². The van der Waals surface area contributed by atoms with E-state index in [4.69, 9.17) is 4.74 Å². The van der Waals surface area contributed by atoms with Gasteiger partial charge in [-0.2, -0.15) is 0 Å². The van der Waals surface area contributed by atoms with Crippen molar-refractivity contribution in [2.75, 3.05) is 19.6 Å². The van der Waals surface area contributed by atoms with Crippen LogP contribution in [0.1, 0.15) is 31.1 Å². The third kappa shape index (κ3) is 4.33. The minimum absolute atomic E-state index is 0.0622. The molecular weight excluding hydrogens is 258 g/mol. The fraction of sp³-hybridized carbons (Fsp3) is 0.368. The third-order valence-electron chi connectivity index (χ3n) is 3.85. The number of nitrogens with zero attached hydrogens (tertiary/aromatic N) is 1. The first-order valence-corrected chi connectivity index (χ1v) is 7.74. The van der Waals surface area contributed by atoms with E-state index in [2.05, 4.69) is 56.0 Å². The van der Waals surface area contributed by atoms with E-state index in [1.54, 1.807) is 0 Å². The molecule has 0 N–H and O–H groups in total. The molecule has 0 aromatic heterocycles. The zero-order chi connectivity index (χ0) is 15.1. The molecular formula is C19H25NO. The minimum Gasteiger partial charge on any atom is -0.484 e. The van der Waals surface area contributed by atoms with Crippen LogP contribution in [0.15, 0.2) is 54.6 Å². The smallest absolute Gasteiger partial charge is 0.136 e. The van der Waals surface area contributed by atoms with Crippen LogP contribution in [0.25, 0.3) is 0 Å². The van der Waals surface area contributed by atoms with Crippen molar-refractivity contribution in [1.82, 2.24) is 4.90 Å². The molecule has 1 unspecified atom stereocenters. The van der Waals surface area contributed by atoms with E-state index >= 15 is 0 Å². The first-order valence-electron chi connectivity index (χ1n) is 7.74. The highest BCUT2D eigenvalue weighted by molar-refractivity contribution is 5.33. The van der Waals surface area contributed by atoms with Crippen molar-refractivity contribution in [1.29, 1.82) is 0 Å². The average Bonchev–Trinajstić information content (AvgIpc) is 2.54. The van der Waals surface area contributed by atoms with Gasteiger partial charge in [0.25, 0.3) is 0 Å². The van der Waals surface area contributed by atoms with Gasteiger partial charge >= 0.3 is 0 Å². The summed E-state index contributed by atoms with van der Waals surface area (Å²) in [4.78, 5) is 2.40. The summed E-state index contributed by atoms with van der Waals surface area (Å²) in [5.74, 6) is 0.971. The minimum atomic E-state index is 0.0622. The van der Waals surface area contributed by atoms with Crippen molar-refractivity contribution in [3.63, 3.8) is 0 Å². The monoisotopic (exact) mass is 283 g/mol. The summed E-state index contributed by atoms with van der Waals surface area (Å²) in [6.07, 6.45) is 0.0622. The van der Waals surface area contributed by atoms with Crippen LogP contribution in [0.2, 0.25) is 0 Å². The average molecular weight is 283 g/mol. The van der Waals surface area contributed by atoms with Crippen molar-refractivity contribution < 1.29 is 4.74 Å². The topological polar surface area (TPSA) is 12.5 Å². The van der Waals surface area contributed by atoms with E-state index in [0.29, 0.717) is 0 Å². The van der Waals surface area contributed by atoms with Crippen LogP contribution in [0.3, 0.4) is 0 Å². The molecule has 0 amide bonds. The standard InChI is InChI=1S/C19H25NO/c1-4-20(5-2)15-19(17-12-7-6-8-13-17)21-18-14-10-9-11-16(18)3/h6-14,19H,4-5,15H2,1-3H3. The first-order chi connectivity index (χ1) is 10.2. The van der Waals surface area contributed by atoms with Crippen LogP contribution in [0.5, 0.6) is 5.75 Å². The molecule has 0 fully saturated rings. The van der Waals surface area contributed by atoms with E-state index in [1.807, 2.05) is 24.3 Å². The summed E-state index contributed by atoms with van der Waals surface area (Å²) in [6, 6.07) is 18.7. The van der Waals surface area contributed by atoms with Crippen molar-refractivity contribution in [2.24, 2.45) is 0 Å². The largest absolute Gasteiger partial charge is 0.484 e. The fourth-order valence-electron chi connectivity index (χ4n) is 2.44. The Kier molecular flexibility index (Phi) is 5.82. The number of para-hydroxylation sites is 1. The Morgan fingerprint density at radius 1 is 0.905 bits per heavy atom. The molecule has 2 heteroatoms. The second kappa shape index (κ2) is 7.84. The fourth-order valence-corrected chi connectivity index (χ4v) is 2.44. The predicted molar refractivity (Wildman–Crippen MR) is 88.8 cm³/mol. The Morgan fingerprint density at radius 2 is 1.52 bits per heavy atom. The van der Waals surface area contributed by atoms with Crippen LogP contribution in [0.4, 0.5) is 0 Å². The second-order valence-corrected chi connectivity index (χ2v) is 5.27. The molecule has 0 aliphatic heterocycles. The zero-order valence-electron chi connectivity index (χ0n) is 13.3.